The van der Waals surface area contributed by atoms with Crippen molar-refractivity contribution in [2.75, 3.05) is 18.5 Å². The van der Waals surface area contributed by atoms with Gasteiger partial charge in [-0.25, -0.2) is 9.59 Å². The number of halogens is 3. The van der Waals surface area contributed by atoms with E-state index in [0.29, 0.717) is 26.2 Å². The van der Waals surface area contributed by atoms with E-state index in [2.05, 4.69) is 5.32 Å². The Kier molecular flexibility index (Phi) is 9.12. The molecule has 0 aliphatic carbocycles. The zero-order valence-electron chi connectivity index (χ0n) is 17.8. The predicted octanol–water partition coefficient (Wildman–Crippen LogP) is 6.75. The Balaban J connectivity index is 1.67. The van der Waals surface area contributed by atoms with Gasteiger partial charge in [-0.05, 0) is 48.4 Å². The lowest BCUT2D eigenvalue weighted by Crippen LogP contribution is -2.21. The van der Waals surface area contributed by atoms with Gasteiger partial charge in [0.1, 0.15) is 10.6 Å². The average Bonchev–Trinajstić information content (AvgIpc) is 3.22. The first-order chi connectivity index (χ1) is 16.3. The molecule has 3 aromatic rings. The third-order valence-electron chi connectivity index (χ3n) is 4.38. The van der Waals surface area contributed by atoms with E-state index in [-0.39, 0.29) is 17.2 Å². The first-order valence-electron chi connectivity index (χ1n) is 9.92. The molecule has 2 aromatic carbocycles. The van der Waals surface area contributed by atoms with Crippen molar-refractivity contribution in [1.29, 1.82) is 0 Å². The molecule has 0 saturated carbocycles. The van der Waals surface area contributed by atoms with Gasteiger partial charge in [-0.15, -0.1) is 11.3 Å². The molecule has 0 spiro atoms. The van der Waals surface area contributed by atoms with Crippen LogP contribution in [-0.4, -0.2) is 31.1 Å². The van der Waals surface area contributed by atoms with E-state index >= 15 is 0 Å². The topological polar surface area (TPSA) is 81.7 Å². The van der Waals surface area contributed by atoms with Crippen molar-refractivity contribution in [1.82, 2.24) is 0 Å². The van der Waals surface area contributed by atoms with Crippen LogP contribution in [0.4, 0.5) is 5.00 Å². The van der Waals surface area contributed by atoms with Crippen molar-refractivity contribution in [2.24, 2.45) is 0 Å². The van der Waals surface area contributed by atoms with Crippen molar-refractivity contribution >= 4 is 75.1 Å². The van der Waals surface area contributed by atoms with Crippen LogP contribution in [-0.2, 0) is 19.1 Å². The van der Waals surface area contributed by atoms with E-state index in [1.165, 1.54) is 12.2 Å². The van der Waals surface area contributed by atoms with Crippen LogP contribution in [0.1, 0.15) is 22.8 Å². The number of carbonyl (C=O) groups excluding carboxylic acids is 3. The largest absolute Gasteiger partial charge is 0.462 e. The third-order valence-corrected chi connectivity index (χ3v) is 6.27. The van der Waals surface area contributed by atoms with E-state index in [1.807, 2.05) is 0 Å². The zero-order valence-corrected chi connectivity index (χ0v) is 20.9. The van der Waals surface area contributed by atoms with Crippen LogP contribution in [0.15, 0.2) is 53.9 Å². The molecule has 0 unspecified atom stereocenters. The molecule has 0 aliphatic heterocycles. The number of benzene rings is 2. The Morgan fingerprint density at radius 2 is 1.74 bits per heavy atom. The molecule has 0 fully saturated rings. The van der Waals surface area contributed by atoms with Gasteiger partial charge in [-0.1, -0.05) is 53.0 Å². The fraction of sp³-hybridized carbons (Fsp3) is 0.125. The van der Waals surface area contributed by atoms with Gasteiger partial charge in [-0.3, -0.25) is 4.79 Å². The molecule has 6 nitrogen and oxygen atoms in total. The summed E-state index contributed by atoms with van der Waals surface area (Å²) in [6.07, 6.45) is 2.65. The van der Waals surface area contributed by atoms with Gasteiger partial charge in [0.25, 0.3) is 5.91 Å². The molecule has 1 N–H and O–H groups in total. The van der Waals surface area contributed by atoms with Crippen LogP contribution < -0.4 is 5.32 Å². The Bertz CT molecular complexity index is 1240. The highest BCUT2D eigenvalue weighted by Gasteiger charge is 2.23. The number of hydrogen-bond donors (Lipinski definition) is 1. The maximum absolute atomic E-state index is 12.6. The number of anilines is 1. The summed E-state index contributed by atoms with van der Waals surface area (Å²) < 4.78 is 10.1. The predicted molar refractivity (Wildman–Crippen MR) is 136 cm³/mol. The second-order valence-electron chi connectivity index (χ2n) is 6.74. The van der Waals surface area contributed by atoms with Gasteiger partial charge in [0.2, 0.25) is 0 Å². The van der Waals surface area contributed by atoms with E-state index in [0.717, 1.165) is 16.9 Å². The van der Waals surface area contributed by atoms with Crippen molar-refractivity contribution < 1.29 is 23.9 Å². The standard InChI is InChI=1S/C24H18Cl3NO5S/c1-2-32-24(31)22-17(15-5-7-16(25)8-6-15)13-34-23(22)28-20(29)12-33-21(30)10-4-14-3-9-18(26)19(27)11-14/h3-11,13H,2,12H2,1H3,(H,28,29). The molecule has 1 heterocycles. The number of carbonyl (C=O) groups is 3. The molecule has 3 rings (SSSR count). The Labute approximate surface area is 215 Å². The number of rotatable bonds is 8. The van der Waals surface area contributed by atoms with E-state index < -0.39 is 24.5 Å². The summed E-state index contributed by atoms with van der Waals surface area (Å²) >= 11 is 18.9. The molecular weight excluding hydrogens is 521 g/mol. The number of ether oxygens (including phenoxy) is 2. The maximum atomic E-state index is 12.6. The van der Waals surface area contributed by atoms with E-state index in [4.69, 9.17) is 44.3 Å². The van der Waals surface area contributed by atoms with E-state index in [1.54, 1.807) is 54.8 Å². The van der Waals surface area contributed by atoms with Crippen LogP contribution in [0.25, 0.3) is 17.2 Å². The van der Waals surface area contributed by atoms with Crippen LogP contribution in [0.2, 0.25) is 15.1 Å². The molecular formula is C24H18Cl3NO5S. The first-order valence-corrected chi connectivity index (χ1v) is 11.9. The molecule has 1 amide bonds. The summed E-state index contributed by atoms with van der Waals surface area (Å²) in [6.45, 7) is 1.32. The van der Waals surface area contributed by atoms with Gasteiger partial charge in [0, 0.05) is 22.0 Å². The lowest BCUT2D eigenvalue weighted by atomic mass is 10.0. The zero-order chi connectivity index (χ0) is 24.7. The number of amides is 1. The van der Waals surface area contributed by atoms with Gasteiger partial charge >= 0.3 is 11.9 Å². The summed E-state index contributed by atoms with van der Waals surface area (Å²) in [7, 11) is 0. The van der Waals surface area contributed by atoms with Crippen molar-refractivity contribution in [3.63, 3.8) is 0 Å². The summed E-state index contributed by atoms with van der Waals surface area (Å²) in [5.41, 5.74) is 2.19. The minimum atomic E-state index is -0.722. The number of hydrogen-bond acceptors (Lipinski definition) is 6. The summed E-state index contributed by atoms with van der Waals surface area (Å²) in [6, 6.07) is 11.8. The smallest absolute Gasteiger partial charge is 0.341 e. The monoisotopic (exact) mass is 537 g/mol. The summed E-state index contributed by atoms with van der Waals surface area (Å²) in [4.78, 5) is 37.0. The van der Waals surface area contributed by atoms with Gasteiger partial charge in [0.05, 0.1) is 16.7 Å². The first kappa shape index (κ1) is 25.8. The fourth-order valence-electron chi connectivity index (χ4n) is 2.83. The number of esters is 2. The highest BCUT2D eigenvalue weighted by atomic mass is 35.5. The molecule has 10 heteroatoms. The molecule has 0 aliphatic rings. The maximum Gasteiger partial charge on any atom is 0.341 e. The molecule has 1 aromatic heterocycles. The lowest BCUT2D eigenvalue weighted by Gasteiger charge is -2.09. The SMILES string of the molecule is CCOC(=O)c1c(-c2ccc(Cl)cc2)csc1NC(=O)COC(=O)C=Cc1ccc(Cl)c(Cl)c1. The molecule has 0 saturated heterocycles. The third kappa shape index (κ3) is 6.84. The van der Waals surface area contributed by atoms with Crippen molar-refractivity contribution in [2.45, 2.75) is 6.92 Å². The number of nitrogens with one attached hydrogen (secondary N) is 1. The van der Waals surface area contributed by atoms with Crippen LogP contribution in [0.5, 0.6) is 0 Å². The quantitative estimate of drug-likeness (QED) is 0.253. The summed E-state index contributed by atoms with van der Waals surface area (Å²) in [5.74, 6) is -1.91. The highest BCUT2D eigenvalue weighted by Crippen LogP contribution is 2.36. The van der Waals surface area contributed by atoms with Crippen LogP contribution in [0, 0.1) is 0 Å². The molecule has 0 bridgehead atoms. The summed E-state index contributed by atoms with van der Waals surface area (Å²) in [5, 5.41) is 5.94. The Hall–Kier alpha value is -2.84. The van der Waals surface area contributed by atoms with Crippen LogP contribution >= 0.6 is 46.1 Å². The lowest BCUT2D eigenvalue weighted by molar-refractivity contribution is -0.142. The van der Waals surface area contributed by atoms with Crippen molar-refractivity contribution in [3.05, 3.63) is 80.1 Å². The molecule has 34 heavy (non-hydrogen) atoms. The molecule has 176 valence electrons. The number of thiophene rings is 1. The van der Waals surface area contributed by atoms with Crippen molar-refractivity contribution in [3.8, 4) is 11.1 Å². The molecule has 0 atom stereocenters. The minimum absolute atomic E-state index is 0.172. The second kappa shape index (κ2) is 12.0. The van der Waals surface area contributed by atoms with Gasteiger partial charge in [-0.2, -0.15) is 0 Å². The average molecular weight is 539 g/mol. The second-order valence-corrected chi connectivity index (χ2v) is 8.87. The Morgan fingerprint density at radius 1 is 1.00 bits per heavy atom. The normalized spacial score (nSPS) is 10.8. The van der Waals surface area contributed by atoms with Gasteiger partial charge in [0.15, 0.2) is 6.61 Å². The molecule has 0 radical (unpaired) electrons. The van der Waals surface area contributed by atoms with Crippen LogP contribution in [0.3, 0.4) is 0 Å². The van der Waals surface area contributed by atoms with E-state index in [9.17, 15) is 14.4 Å². The fourth-order valence-corrected chi connectivity index (χ4v) is 4.23. The minimum Gasteiger partial charge on any atom is -0.462 e. The van der Waals surface area contributed by atoms with Gasteiger partial charge < -0.3 is 14.8 Å². The Morgan fingerprint density at radius 3 is 2.41 bits per heavy atom. The highest BCUT2D eigenvalue weighted by molar-refractivity contribution is 7.15.